The zero-order chi connectivity index (χ0) is 29.9. The topological polar surface area (TPSA) is 121 Å². The molecule has 5 N–H and O–H groups in total. The number of ether oxygens (including phenoxy) is 1. The molecule has 5 rings (SSSR count). The smallest absolute Gasteiger partial charge is 0.417 e. The Hall–Kier alpha value is -3.52. The Morgan fingerprint density at radius 2 is 1.80 bits per heavy atom. The van der Waals surface area contributed by atoms with Crippen LogP contribution >= 0.6 is 0 Å². The molecular formula is C27H32F5N7O2. The lowest BCUT2D eigenvalue weighted by Crippen LogP contribution is -2.59. The molecule has 3 aromatic rings. The lowest BCUT2D eigenvalue weighted by Gasteiger charge is -2.47. The SMILES string of the molecule is Cc1c(F)c(N)cc(-c2nc3c4c(nc(N5CCC5C(C)(C)O)nc4c2F)NCCNCCC(C)O3)c1C(F)(F)F. The summed E-state index contributed by atoms with van der Waals surface area (Å²) >= 11 is 0. The van der Waals surface area contributed by atoms with Crippen LogP contribution in [-0.2, 0) is 6.18 Å². The average Bonchev–Trinajstić information content (AvgIpc) is 2.86. The predicted molar refractivity (Wildman–Crippen MR) is 145 cm³/mol. The van der Waals surface area contributed by atoms with Crippen molar-refractivity contribution >= 4 is 28.4 Å². The normalized spacial score (nSPS) is 20.2. The molecule has 0 bridgehead atoms. The van der Waals surface area contributed by atoms with Crippen molar-refractivity contribution in [2.45, 2.75) is 64.5 Å². The molecule has 1 saturated heterocycles. The minimum atomic E-state index is -5.04. The number of halogens is 5. The van der Waals surface area contributed by atoms with Crippen LogP contribution in [-0.4, -0.2) is 64.0 Å². The summed E-state index contributed by atoms with van der Waals surface area (Å²) in [6.45, 7) is 7.98. The predicted octanol–water partition coefficient (Wildman–Crippen LogP) is 4.40. The maximum Gasteiger partial charge on any atom is 0.417 e. The Kier molecular flexibility index (Phi) is 7.35. The number of rotatable bonds is 3. The molecule has 1 fully saturated rings. The van der Waals surface area contributed by atoms with E-state index >= 15 is 4.39 Å². The van der Waals surface area contributed by atoms with Crippen LogP contribution in [0.25, 0.3) is 22.2 Å². The van der Waals surface area contributed by atoms with Gasteiger partial charge < -0.3 is 31.1 Å². The number of alkyl halides is 3. The third kappa shape index (κ3) is 5.30. The molecule has 2 aliphatic heterocycles. The Balaban J connectivity index is 1.83. The number of pyridine rings is 1. The standard InChI is InChI=1S/C27H32F5N7O2/c1-12-5-7-34-8-9-35-23-17-22(37-25(38-23)39-10-6-16(39)26(3,4)40)20(29)21(36-24(17)41-12)14-11-15(33)19(28)13(2)18(14)27(30,31)32/h11-12,16,34,40H,5-10,33H2,1-4H3,(H,35,37,38). The van der Waals surface area contributed by atoms with Gasteiger partial charge in [-0.25, -0.2) is 18.7 Å². The fourth-order valence-electron chi connectivity index (χ4n) is 5.33. The van der Waals surface area contributed by atoms with Crippen molar-refractivity contribution in [2.75, 3.05) is 42.1 Å². The van der Waals surface area contributed by atoms with E-state index in [1.165, 1.54) is 0 Å². The number of hydrogen-bond acceptors (Lipinski definition) is 9. The fourth-order valence-corrected chi connectivity index (χ4v) is 5.33. The first kappa shape index (κ1) is 29.0. The zero-order valence-corrected chi connectivity index (χ0v) is 23.1. The third-order valence-corrected chi connectivity index (χ3v) is 7.53. The zero-order valence-electron chi connectivity index (χ0n) is 23.1. The summed E-state index contributed by atoms with van der Waals surface area (Å²) in [7, 11) is 0. The van der Waals surface area contributed by atoms with Gasteiger partial charge in [0.2, 0.25) is 11.8 Å². The van der Waals surface area contributed by atoms with Crippen molar-refractivity contribution in [3.63, 3.8) is 0 Å². The fraction of sp³-hybridized carbons (Fsp3) is 0.519. The monoisotopic (exact) mass is 581 g/mol. The van der Waals surface area contributed by atoms with Crippen molar-refractivity contribution < 1.29 is 31.8 Å². The number of hydrogen-bond donors (Lipinski definition) is 4. The molecule has 0 spiro atoms. The minimum Gasteiger partial charge on any atom is -0.474 e. The van der Waals surface area contributed by atoms with Crippen LogP contribution in [0, 0.1) is 18.6 Å². The lowest BCUT2D eigenvalue weighted by atomic mass is 9.88. The number of aromatic nitrogens is 3. The summed E-state index contributed by atoms with van der Waals surface area (Å²) in [4.78, 5) is 15.0. The quantitative estimate of drug-likeness (QED) is 0.263. The van der Waals surface area contributed by atoms with E-state index in [0.717, 1.165) is 13.0 Å². The van der Waals surface area contributed by atoms with Crippen LogP contribution in [0.15, 0.2) is 6.07 Å². The summed E-state index contributed by atoms with van der Waals surface area (Å²) in [5, 5.41) is 17.1. The maximum atomic E-state index is 16.5. The largest absolute Gasteiger partial charge is 0.474 e. The molecule has 0 saturated carbocycles. The summed E-state index contributed by atoms with van der Waals surface area (Å²) in [5.41, 5.74) is 0.0463. The van der Waals surface area contributed by atoms with Gasteiger partial charge >= 0.3 is 6.18 Å². The third-order valence-electron chi connectivity index (χ3n) is 7.53. The van der Waals surface area contributed by atoms with Gasteiger partial charge in [0.05, 0.1) is 29.0 Å². The van der Waals surface area contributed by atoms with Gasteiger partial charge in [-0.3, -0.25) is 0 Å². The number of nitrogens with two attached hydrogens (primary N) is 1. The first-order valence-electron chi connectivity index (χ1n) is 13.4. The van der Waals surface area contributed by atoms with Crippen molar-refractivity contribution in [1.82, 2.24) is 20.3 Å². The van der Waals surface area contributed by atoms with Crippen LogP contribution in [0.5, 0.6) is 5.88 Å². The van der Waals surface area contributed by atoms with Gasteiger partial charge in [-0.1, -0.05) is 0 Å². The Labute approximate surface area is 233 Å². The highest BCUT2D eigenvalue weighted by atomic mass is 19.4. The van der Waals surface area contributed by atoms with Gasteiger partial charge in [-0.2, -0.15) is 18.2 Å². The van der Waals surface area contributed by atoms with Gasteiger partial charge in [0, 0.05) is 25.2 Å². The molecular weight excluding hydrogens is 549 g/mol. The average molecular weight is 582 g/mol. The van der Waals surface area contributed by atoms with Crippen LogP contribution in [0.4, 0.5) is 39.4 Å². The molecule has 4 heterocycles. The maximum absolute atomic E-state index is 16.5. The Bertz CT molecular complexity index is 1490. The number of nitrogens with zero attached hydrogens (tertiary/aromatic N) is 4. The molecule has 41 heavy (non-hydrogen) atoms. The van der Waals surface area contributed by atoms with E-state index in [4.69, 9.17) is 10.5 Å². The van der Waals surface area contributed by atoms with Gasteiger partial charge in [0.1, 0.15) is 28.2 Å². The highest BCUT2D eigenvalue weighted by molar-refractivity contribution is 5.97. The number of nitrogens with one attached hydrogen (secondary N) is 2. The number of aliphatic hydroxyl groups is 1. The first-order chi connectivity index (χ1) is 19.2. The molecule has 2 atom stereocenters. The second kappa shape index (κ2) is 10.4. The van der Waals surface area contributed by atoms with Crippen molar-refractivity contribution in [3.8, 4) is 17.1 Å². The van der Waals surface area contributed by atoms with Gasteiger partial charge in [0.25, 0.3) is 0 Å². The van der Waals surface area contributed by atoms with E-state index < -0.39 is 57.6 Å². The molecule has 2 aromatic heterocycles. The summed E-state index contributed by atoms with van der Waals surface area (Å²) < 4.78 is 79.8. The Morgan fingerprint density at radius 3 is 2.44 bits per heavy atom. The minimum absolute atomic E-state index is 0.0597. The van der Waals surface area contributed by atoms with Crippen LogP contribution in [0.2, 0.25) is 0 Å². The van der Waals surface area contributed by atoms with Crippen LogP contribution in [0.1, 0.15) is 44.7 Å². The van der Waals surface area contributed by atoms with E-state index in [2.05, 4.69) is 25.6 Å². The van der Waals surface area contributed by atoms with Crippen LogP contribution in [0.3, 0.4) is 0 Å². The summed E-state index contributed by atoms with van der Waals surface area (Å²) in [5.74, 6) is -2.32. The first-order valence-corrected chi connectivity index (χ1v) is 13.4. The summed E-state index contributed by atoms with van der Waals surface area (Å²) in [6.07, 6.45) is -4.34. The number of anilines is 3. The van der Waals surface area contributed by atoms with E-state index in [9.17, 15) is 22.7 Å². The van der Waals surface area contributed by atoms with Crippen LogP contribution < -0.4 is 26.0 Å². The van der Waals surface area contributed by atoms with E-state index in [1.54, 1.807) is 25.7 Å². The second-order valence-electron chi connectivity index (χ2n) is 11.0. The second-order valence-corrected chi connectivity index (χ2v) is 11.0. The molecule has 222 valence electrons. The lowest BCUT2D eigenvalue weighted by molar-refractivity contribution is -0.137. The molecule has 2 unspecified atom stereocenters. The molecule has 0 amide bonds. The Morgan fingerprint density at radius 1 is 1.07 bits per heavy atom. The molecule has 1 aromatic carbocycles. The molecule has 0 aliphatic carbocycles. The van der Waals surface area contributed by atoms with Gasteiger partial charge in [0.15, 0.2) is 5.82 Å². The molecule has 14 heteroatoms. The van der Waals surface area contributed by atoms with Gasteiger partial charge in [-0.05, 0) is 58.7 Å². The number of benzene rings is 1. The molecule has 9 nitrogen and oxygen atoms in total. The highest BCUT2D eigenvalue weighted by Crippen LogP contribution is 2.45. The highest BCUT2D eigenvalue weighted by Gasteiger charge is 2.42. The van der Waals surface area contributed by atoms with E-state index in [0.29, 0.717) is 39.0 Å². The van der Waals surface area contributed by atoms with Crippen molar-refractivity contribution in [3.05, 3.63) is 28.8 Å². The van der Waals surface area contributed by atoms with Crippen molar-refractivity contribution in [2.24, 2.45) is 0 Å². The molecule has 2 aliphatic rings. The van der Waals surface area contributed by atoms with Gasteiger partial charge in [-0.15, -0.1) is 0 Å². The van der Waals surface area contributed by atoms with E-state index in [-0.39, 0.29) is 34.6 Å². The van der Waals surface area contributed by atoms with E-state index in [1.807, 2.05) is 0 Å². The van der Waals surface area contributed by atoms with Crippen molar-refractivity contribution in [1.29, 1.82) is 0 Å². The summed E-state index contributed by atoms with van der Waals surface area (Å²) in [6, 6.07) is 0.363. The molecule has 0 radical (unpaired) electrons. The number of nitrogen functional groups attached to an aromatic ring is 1.